The van der Waals surface area contributed by atoms with Crippen LogP contribution in [0.1, 0.15) is 30.7 Å². The summed E-state index contributed by atoms with van der Waals surface area (Å²) in [4.78, 5) is 13.0. The van der Waals surface area contributed by atoms with Crippen molar-refractivity contribution in [2.24, 2.45) is 7.05 Å². The Morgan fingerprint density at radius 3 is 3.11 bits per heavy atom. The van der Waals surface area contributed by atoms with Gasteiger partial charge in [-0.1, -0.05) is 0 Å². The van der Waals surface area contributed by atoms with E-state index in [-0.39, 0.29) is 17.6 Å². The zero-order valence-corrected chi connectivity index (χ0v) is 9.98. The molecule has 0 aliphatic carbocycles. The summed E-state index contributed by atoms with van der Waals surface area (Å²) in [6.07, 6.45) is 2.99. The first-order chi connectivity index (χ1) is 8.74. The molecule has 8 heteroatoms. The van der Waals surface area contributed by atoms with E-state index in [4.69, 9.17) is 4.52 Å². The maximum Gasteiger partial charge on any atom is 0.282 e. The van der Waals surface area contributed by atoms with Gasteiger partial charge in [0.25, 0.3) is 5.56 Å². The third-order valence-electron chi connectivity index (χ3n) is 3.15. The number of rotatable bonds is 2. The molecule has 1 fully saturated rings. The van der Waals surface area contributed by atoms with Crippen LogP contribution >= 0.6 is 0 Å². The van der Waals surface area contributed by atoms with Gasteiger partial charge in [0.2, 0.25) is 0 Å². The molecule has 1 aliphatic rings. The molecule has 18 heavy (non-hydrogen) atoms. The van der Waals surface area contributed by atoms with E-state index in [9.17, 15) is 4.79 Å². The molecule has 8 nitrogen and oxygen atoms in total. The predicted octanol–water partition coefficient (Wildman–Crippen LogP) is -0.369. The standard InChI is InChI=1S/C10H14N6O2/c1-15-13-10(12-14-15)8-6-7(2-4-11-8)16-9(17)3-5-18-16/h3,5,7-8,11H,2,4,6H2,1H3/t7-,8+/m0/s1. The number of nitrogens with one attached hydrogen (secondary N) is 1. The van der Waals surface area contributed by atoms with Crippen molar-refractivity contribution in [1.82, 2.24) is 30.3 Å². The van der Waals surface area contributed by atoms with Crippen molar-refractivity contribution in [2.45, 2.75) is 24.9 Å². The third-order valence-corrected chi connectivity index (χ3v) is 3.15. The molecule has 0 amide bonds. The first-order valence-corrected chi connectivity index (χ1v) is 5.88. The second-order valence-electron chi connectivity index (χ2n) is 4.39. The molecule has 0 saturated carbocycles. The lowest BCUT2D eigenvalue weighted by atomic mass is 9.99. The van der Waals surface area contributed by atoms with Gasteiger partial charge in [-0.05, 0) is 24.6 Å². The number of hydrogen-bond acceptors (Lipinski definition) is 6. The van der Waals surface area contributed by atoms with Crippen molar-refractivity contribution in [3.05, 3.63) is 28.5 Å². The van der Waals surface area contributed by atoms with Gasteiger partial charge in [-0.3, -0.25) is 4.79 Å². The number of aryl methyl sites for hydroxylation is 1. The van der Waals surface area contributed by atoms with E-state index in [1.54, 1.807) is 7.05 Å². The average Bonchev–Trinajstić information content (AvgIpc) is 2.98. The van der Waals surface area contributed by atoms with Crippen LogP contribution in [0, 0.1) is 0 Å². The van der Waals surface area contributed by atoms with Gasteiger partial charge in [-0.15, -0.1) is 10.2 Å². The summed E-state index contributed by atoms with van der Waals surface area (Å²) in [6.45, 7) is 0.792. The minimum atomic E-state index is -0.104. The number of tetrazole rings is 1. The highest BCUT2D eigenvalue weighted by Crippen LogP contribution is 2.27. The van der Waals surface area contributed by atoms with Crippen LogP contribution in [0.25, 0.3) is 0 Å². The van der Waals surface area contributed by atoms with Crippen LogP contribution in [-0.4, -0.2) is 31.5 Å². The molecular weight excluding hydrogens is 236 g/mol. The zero-order chi connectivity index (χ0) is 12.5. The largest absolute Gasteiger partial charge is 0.384 e. The maximum atomic E-state index is 11.6. The fourth-order valence-corrected chi connectivity index (χ4v) is 2.29. The SMILES string of the molecule is Cn1nnc([C@H]2C[C@@H](n3occc3=O)CCN2)n1. The van der Waals surface area contributed by atoms with Crippen LogP contribution in [0.5, 0.6) is 0 Å². The molecule has 0 unspecified atom stereocenters. The number of nitrogens with zero attached hydrogens (tertiary/aromatic N) is 5. The first-order valence-electron chi connectivity index (χ1n) is 5.88. The van der Waals surface area contributed by atoms with Crippen LogP contribution < -0.4 is 10.9 Å². The number of piperidine rings is 1. The maximum absolute atomic E-state index is 11.6. The van der Waals surface area contributed by atoms with Crippen molar-refractivity contribution in [3.63, 3.8) is 0 Å². The average molecular weight is 250 g/mol. The van der Waals surface area contributed by atoms with E-state index in [1.807, 2.05) is 0 Å². The highest BCUT2D eigenvalue weighted by molar-refractivity contribution is 4.95. The summed E-state index contributed by atoms with van der Waals surface area (Å²) in [6, 6.07) is 1.48. The molecule has 2 aromatic rings. The van der Waals surface area contributed by atoms with E-state index < -0.39 is 0 Å². The molecule has 0 bridgehead atoms. The van der Waals surface area contributed by atoms with Gasteiger partial charge in [-0.25, -0.2) is 0 Å². The Morgan fingerprint density at radius 1 is 1.56 bits per heavy atom. The van der Waals surface area contributed by atoms with Crippen molar-refractivity contribution in [2.75, 3.05) is 6.54 Å². The Kier molecular flexibility index (Phi) is 2.71. The zero-order valence-electron chi connectivity index (χ0n) is 9.98. The monoisotopic (exact) mass is 250 g/mol. The summed E-state index contributed by atoms with van der Waals surface area (Å²) in [5, 5.41) is 15.3. The normalized spacial score (nSPS) is 24.3. The lowest BCUT2D eigenvalue weighted by Crippen LogP contribution is -2.35. The summed E-state index contributed by atoms with van der Waals surface area (Å²) in [5.74, 6) is 0.654. The quantitative estimate of drug-likeness (QED) is 0.782. The fourth-order valence-electron chi connectivity index (χ4n) is 2.29. The molecule has 1 aliphatic heterocycles. The molecule has 0 spiro atoms. The highest BCUT2D eigenvalue weighted by Gasteiger charge is 2.28. The lowest BCUT2D eigenvalue weighted by molar-refractivity contribution is 0.159. The molecule has 0 aromatic carbocycles. The number of hydrogen-bond donors (Lipinski definition) is 1. The van der Waals surface area contributed by atoms with Gasteiger partial charge >= 0.3 is 0 Å². The molecule has 96 valence electrons. The molecule has 1 saturated heterocycles. The summed E-state index contributed by atoms with van der Waals surface area (Å²) < 4.78 is 6.63. The molecule has 0 radical (unpaired) electrons. The van der Waals surface area contributed by atoms with Crippen molar-refractivity contribution in [1.29, 1.82) is 0 Å². The molecule has 1 N–H and O–H groups in total. The third kappa shape index (κ3) is 1.94. The minimum absolute atomic E-state index is 0.00875. The topological polar surface area (TPSA) is 90.8 Å². The van der Waals surface area contributed by atoms with Gasteiger partial charge in [-0.2, -0.15) is 9.54 Å². The molecule has 3 rings (SSSR count). The summed E-state index contributed by atoms with van der Waals surface area (Å²) in [5.41, 5.74) is -0.104. The molecule has 2 atom stereocenters. The fraction of sp³-hybridized carbons (Fsp3) is 0.600. The second kappa shape index (κ2) is 4.37. The van der Waals surface area contributed by atoms with E-state index in [0.29, 0.717) is 5.82 Å². The van der Waals surface area contributed by atoms with Crippen LogP contribution in [0.4, 0.5) is 0 Å². The Morgan fingerprint density at radius 2 is 2.44 bits per heavy atom. The van der Waals surface area contributed by atoms with Gasteiger partial charge in [0.1, 0.15) is 6.26 Å². The minimum Gasteiger partial charge on any atom is -0.384 e. The Labute approximate surface area is 103 Å². The smallest absolute Gasteiger partial charge is 0.282 e. The first kappa shape index (κ1) is 11.1. The molecule has 3 heterocycles. The second-order valence-corrected chi connectivity index (χ2v) is 4.39. The Bertz CT molecular complexity index is 585. The summed E-state index contributed by atoms with van der Waals surface area (Å²) >= 11 is 0. The van der Waals surface area contributed by atoms with Crippen molar-refractivity contribution < 1.29 is 4.52 Å². The van der Waals surface area contributed by atoms with Crippen LogP contribution in [0.2, 0.25) is 0 Å². The Hall–Kier alpha value is -1.96. The van der Waals surface area contributed by atoms with Gasteiger partial charge < -0.3 is 9.84 Å². The predicted molar refractivity (Wildman–Crippen MR) is 60.8 cm³/mol. The van der Waals surface area contributed by atoms with Gasteiger partial charge in [0.15, 0.2) is 5.82 Å². The highest BCUT2D eigenvalue weighted by atomic mass is 16.5. The lowest BCUT2D eigenvalue weighted by Gasteiger charge is -2.27. The number of aromatic nitrogens is 5. The van der Waals surface area contributed by atoms with Crippen molar-refractivity contribution >= 4 is 0 Å². The van der Waals surface area contributed by atoms with E-state index >= 15 is 0 Å². The van der Waals surface area contributed by atoms with Crippen LogP contribution in [0.3, 0.4) is 0 Å². The van der Waals surface area contributed by atoms with Crippen LogP contribution in [-0.2, 0) is 7.05 Å². The van der Waals surface area contributed by atoms with E-state index in [0.717, 1.165) is 19.4 Å². The van der Waals surface area contributed by atoms with E-state index in [2.05, 4.69) is 20.7 Å². The van der Waals surface area contributed by atoms with E-state index in [1.165, 1.54) is 21.9 Å². The van der Waals surface area contributed by atoms with Crippen molar-refractivity contribution in [3.8, 4) is 0 Å². The van der Waals surface area contributed by atoms with Gasteiger partial charge in [0.05, 0.1) is 19.1 Å². The van der Waals surface area contributed by atoms with Gasteiger partial charge in [0, 0.05) is 6.07 Å². The molecule has 2 aromatic heterocycles. The molecular formula is C10H14N6O2. The summed E-state index contributed by atoms with van der Waals surface area (Å²) in [7, 11) is 1.73. The van der Waals surface area contributed by atoms with Crippen LogP contribution in [0.15, 0.2) is 21.6 Å². The Balaban J connectivity index is 1.80.